The van der Waals surface area contributed by atoms with Crippen LogP contribution in [0.2, 0.25) is 0 Å². The molecule has 0 aromatic heterocycles. The molecule has 1 aliphatic heterocycles. The number of nitrogens with two attached hydrogens (primary N) is 1. The quantitative estimate of drug-likeness (QED) is 0.651. The summed E-state index contributed by atoms with van der Waals surface area (Å²) in [5.41, 5.74) is 5.43. The fourth-order valence-electron chi connectivity index (χ4n) is 1.34. The van der Waals surface area contributed by atoms with Gasteiger partial charge in [0.05, 0.1) is 6.67 Å². The Balaban J connectivity index is 2.18. The summed E-state index contributed by atoms with van der Waals surface area (Å²) in [6.07, 6.45) is -0.436. The summed E-state index contributed by atoms with van der Waals surface area (Å²) in [5, 5.41) is 0. The van der Waals surface area contributed by atoms with Gasteiger partial charge in [0.15, 0.2) is 0 Å². The van der Waals surface area contributed by atoms with E-state index in [2.05, 4.69) is 0 Å². The standard InChI is InChI=1S/C7H14F2N2/c8-2-1-3-11-4-6(9)7(10)5-11/h6-7H,1-5,10H2. The van der Waals surface area contributed by atoms with E-state index in [4.69, 9.17) is 5.73 Å². The van der Waals surface area contributed by atoms with E-state index in [9.17, 15) is 8.78 Å². The van der Waals surface area contributed by atoms with Gasteiger partial charge in [0.2, 0.25) is 0 Å². The van der Waals surface area contributed by atoms with Crippen molar-refractivity contribution in [3.8, 4) is 0 Å². The monoisotopic (exact) mass is 164 g/mol. The second-order valence-corrected chi connectivity index (χ2v) is 2.98. The number of alkyl halides is 2. The molecule has 0 saturated carbocycles. The highest BCUT2D eigenvalue weighted by Gasteiger charge is 2.28. The Kier molecular flexibility index (Phi) is 3.20. The van der Waals surface area contributed by atoms with Crippen molar-refractivity contribution in [2.45, 2.75) is 18.6 Å². The third-order valence-electron chi connectivity index (χ3n) is 1.97. The Morgan fingerprint density at radius 3 is 2.64 bits per heavy atom. The molecule has 1 aliphatic rings. The van der Waals surface area contributed by atoms with Crippen molar-refractivity contribution in [3.63, 3.8) is 0 Å². The molecule has 2 atom stereocenters. The molecule has 0 spiro atoms. The van der Waals surface area contributed by atoms with E-state index in [0.717, 1.165) is 0 Å². The van der Waals surface area contributed by atoms with E-state index >= 15 is 0 Å². The van der Waals surface area contributed by atoms with E-state index in [1.165, 1.54) is 0 Å². The van der Waals surface area contributed by atoms with Crippen LogP contribution in [0.25, 0.3) is 0 Å². The van der Waals surface area contributed by atoms with Gasteiger partial charge < -0.3 is 5.73 Å². The lowest BCUT2D eigenvalue weighted by atomic mass is 10.3. The highest BCUT2D eigenvalue weighted by Crippen LogP contribution is 2.11. The summed E-state index contributed by atoms with van der Waals surface area (Å²) in [7, 11) is 0. The zero-order valence-electron chi connectivity index (χ0n) is 6.47. The minimum Gasteiger partial charge on any atom is -0.324 e. The summed E-state index contributed by atoms with van der Waals surface area (Å²) in [5.74, 6) is 0. The summed E-state index contributed by atoms with van der Waals surface area (Å²) in [6, 6.07) is -0.366. The molecule has 0 aliphatic carbocycles. The summed E-state index contributed by atoms with van der Waals surface area (Å²) >= 11 is 0. The van der Waals surface area contributed by atoms with Crippen LogP contribution in [0.1, 0.15) is 6.42 Å². The van der Waals surface area contributed by atoms with E-state index in [0.29, 0.717) is 26.1 Å². The van der Waals surface area contributed by atoms with E-state index in [1.54, 1.807) is 0 Å². The number of hydrogen-bond acceptors (Lipinski definition) is 2. The number of rotatable bonds is 3. The first-order chi connectivity index (χ1) is 5.24. The van der Waals surface area contributed by atoms with Crippen molar-refractivity contribution in [2.75, 3.05) is 26.3 Å². The molecule has 0 aromatic carbocycles. The van der Waals surface area contributed by atoms with Crippen LogP contribution in [0.4, 0.5) is 8.78 Å². The van der Waals surface area contributed by atoms with Crippen molar-refractivity contribution in [3.05, 3.63) is 0 Å². The Hall–Kier alpha value is -0.220. The molecule has 0 radical (unpaired) electrons. The third-order valence-corrected chi connectivity index (χ3v) is 1.97. The first-order valence-corrected chi connectivity index (χ1v) is 3.92. The molecular weight excluding hydrogens is 150 g/mol. The summed E-state index contributed by atoms with van der Waals surface area (Å²) < 4.78 is 24.4. The molecular formula is C7H14F2N2. The molecule has 1 saturated heterocycles. The van der Waals surface area contributed by atoms with Gasteiger partial charge >= 0.3 is 0 Å². The fourth-order valence-corrected chi connectivity index (χ4v) is 1.34. The van der Waals surface area contributed by atoms with Crippen molar-refractivity contribution in [1.82, 2.24) is 4.90 Å². The molecule has 1 fully saturated rings. The molecule has 0 amide bonds. The average Bonchev–Trinajstić information content (AvgIpc) is 2.28. The van der Waals surface area contributed by atoms with Crippen LogP contribution < -0.4 is 5.73 Å². The number of likely N-dealkylation sites (tertiary alicyclic amines) is 1. The maximum atomic E-state index is 12.7. The highest BCUT2D eigenvalue weighted by atomic mass is 19.1. The molecule has 11 heavy (non-hydrogen) atoms. The van der Waals surface area contributed by atoms with Crippen LogP contribution in [0.3, 0.4) is 0 Å². The van der Waals surface area contributed by atoms with Crippen LogP contribution in [0.5, 0.6) is 0 Å². The normalized spacial score (nSPS) is 33.0. The summed E-state index contributed by atoms with van der Waals surface area (Å²) in [6.45, 7) is 1.25. The van der Waals surface area contributed by atoms with E-state index < -0.39 is 6.17 Å². The highest BCUT2D eigenvalue weighted by molar-refractivity contribution is 4.86. The van der Waals surface area contributed by atoms with Crippen molar-refractivity contribution >= 4 is 0 Å². The number of nitrogens with zero attached hydrogens (tertiary/aromatic N) is 1. The van der Waals surface area contributed by atoms with Gasteiger partial charge in [-0.1, -0.05) is 0 Å². The summed E-state index contributed by atoms with van der Waals surface area (Å²) in [4.78, 5) is 1.87. The average molecular weight is 164 g/mol. The minimum absolute atomic E-state index is 0.331. The van der Waals surface area contributed by atoms with E-state index in [1.807, 2.05) is 4.90 Å². The van der Waals surface area contributed by atoms with Crippen LogP contribution in [0.15, 0.2) is 0 Å². The molecule has 2 nitrogen and oxygen atoms in total. The first kappa shape index (κ1) is 8.87. The fraction of sp³-hybridized carbons (Fsp3) is 1.00. The van der Waals surface area contributed by atoms with Gasteiger partial charge in [-0.05, 0) is 6.42 Å². The SMILES string of the molecule is NC1CN(CCCF)CC1F. The van der Waals surface area contributed by atoms with Gasteiger partial charge in [0.1, 0.15) is 6.17 Å². The molecule has 2 N–H and O–H groups in total. The first-order valence-electron chi connectivity index (χ1n) is 3.92. The maximum Gasteiger partial charge on any atom is 0.129 e. The number of halogens is 2. The lowest BCUT2D eigenvalue weighted by molar-refractivity contribution is 0.274. The van der Waals surface area contributed by atoms with Crippen LogP contribution in [0, 0.1) is 0 Å². The van der Waals surface area contributed by atoms with Crippen LogP contribution in [-0.4, -0.2) is 43.4 Å². The molecule has 2 unspecified atom stereocenters. The maximum absolute atomic E-state index is 12.7. The molecule has 0 bridgehead atoms. The zero-order valence-corrected chi connectivity index (χ0v) is 6.47. The van der Waals surface area contributed by atoms with E-state index in [-0.39, 0.29) is 12.7 Å². The predicted octanol–water partition coefficient (Wildman–Crippen LogP) is 0.327. The molecule has 66 valence electrons. The minimum atomic E-state index is -0.922. The molecule has 1 heterocycles. The topological polar surface area (TPSA) is 29.3 Å². The number of hydrogen-bond donors (Lipinski definition) is 1. The largest absolute Gasteiger partial charge is 0.324 e. The van der Waals surface area contributed by atoms with Gasteiger partial charge in [0.25, 0.3) is 0 Å². The second kappa shape index (κ2) is 3.97. The lowest BCUT2D eigenvalue weighted by Gasteiger charge is -2.12. The Morgan fingerprint density at radius 1 is 1.45 bits per heavy atom. The molecule has 1 rings (SSSR count). The van der Waals surface area contributed by atoms with Crippen LogP contribution >= 0.6 is 0 Å². The van der Waals surface area contributed by atoms with Gasteiger partial charge in [-0.3, -0.25) is 9.29 Å². The van der Waals surface area contributed by atoms with Crippen molar-refractivity contribution in [2.24, 2.45) is 5.73 Å². The third kappa shape index (κ3) is 2.38. The van der Waals surface area contributed by atoms with Gasteiger partial charge in [-0.2, -0.15) is 0 Å². The van der Waals surface area contributed by atoms with Gasteiger partial charge in [-0.25, -0.2) is 4.39 Å². The molecule has 4 heteroatoms. The lowest BCUT2D eigenvalue weighted by Crippen LogP contribution is -2.30. The second-order valence-electron chi connectivity index (χ2n) is 2.98. The van der Waals surface area contributed by atoms with Crippen molar-refractivity contribution < 1.29 is 8.78 Å². The predicted molar refractivity (Wildman–Crippen MR) is 39.9 cm³/mol. The smallest absolute Gasteiger partial charge is 0.129 e. The zero-order chi connectivity index (χ0) is 8.27. The Morgan fingerprint density at radius 2 is 2.18 bits per heavy atom. The van der Waals surface area contributed by atoms with Gasteiger partial charge in [-0.15, -0.1) is 0 Å². The molecule has 0 aromatic rings. The van der Waals surface area contributed by atoms with Crippen molar-refractivity contribution in [1.29, 1.82) is 0 Å². The van der Waals surface area contributed by atoms with Crippen LogP contribution in [-0.2, 0) is 0 Å². The Labute approximate surface area is 65.4 Å². The Bertz CT molecular complexity index is 111. The van der Waals surface area contributed by atoms with Gasteiger partial charge in [0, 0.05) is 25.7 Å².